The van der Waals surface area contributed by atoms with E-state index in [1.54, 1.807) is 14.2 Å². The molecular weight excluding hydrogens is 168 g/mol. The van der Waals surface area contributed by atoms with E-state index in [1.807, 2.05) is 0 Å². The van der Waals surface area contributed by atoms with Gasteiger partial charge in [0.2, 0.25) is 0 Å². The molecular formula is C9H22N2O2. The van der Waals surface area contributed by atoms with Gasteiger partial charge in [0.05, 0.1) is 0 Å². The van der Waals surface area contributed by atoms with Crippen LogP contribution in [-0.4, -0.2) is 58.6 Å². The molecule has 0 aliphatic rings. The first-order valence-electron chi connectivity index (χ1n) is 4.69. The number of hydrogen-bond acceptors (Lipinski definition) is 4. The maximum absolute atomic E-state index is 5.03. The van der Waals surface area contributed by atoms with Crippen LogP contribution in [0.5, 0.6) is 0 Å². The molecule has 0 aliphatic carbocycles. The van der Waals surface area contributed by atoms with Gasteiger partial charge < -0.3 is 19.7 Å². The summed E-state index contributed by atoms with van der Waals surface area (Å²) in [7, 11) is 5.40. The predicted octanol–water partition coefficient (Wildman–Crippen LogP) is 0.147. The minimum Gasteiger partial charge on any atom is -0.355 e. The molecule has 0 saturated carbocycles. The van der Waals surface area contributed by atoms with Crippen LogP contribution in [0.15, 0.2) is 0 Å². The molecule has 0 radical (unpaired) electrons. The Morgan fingerprint density at radius 1 is 1.31 bits per heavy atom. The van der Waals surface area contributed by atoms with Crippen LogP contribution in [0.4, 0.5) is 0 Å². The van der Waals surface area contributed by atoms with E-state index >= 15 is 0 Å². The van der Waals surface area contributed by atoms with Crippen molar-refractivity contribution in [3.05, 3.63) is 0 Å². The van der Waals surface area contributed by atoms with E-state index < -0.39 is 0 Å². The van der Waals surface area contributed by atoms with E-state index in [9.17, 15) is 0 Å². The van der Waals surface area contributed by atoms with Gasteiger partial charge in [-0.3, -0.25) is 0 Å². The lowest BCUT2D eigenvalue weighted by Gasteiger charge is -2.17. The van der Waals surface area contributed by atoms with E-state index in [1.165, 1.54) is 0 Å². The van der Waals surface area contributed by atoms with Crippen LogP contribution in [0.2, 0.25) is 0 Å². The van der Waals surface area contributed by atoms with E-state index in [0.717, 1.165) is 26.2 Å². The van der Waals surface area contributed by atoms with Crippen molar-refractivity contribution in [2.75, 3.05) is 47.4 Å². The van der Waals surface area contributed by atoms with Crippen LogP contribution in [0.3, 0.4) is 0 Å². The lowest BCUT2D eigenvalue weighted by atomic mass is 10.5. The normalized spacial score (nSPS) is 11.5. The van der Waals surface area contributed by atoms with Gasteiger partial charge in [-0.05, 0) is 13.6 Å². The first-order valence-corrected chi connectivity index (χ1v) is 4.69. The van der Waals surface area contributed by atoms with Crippen LogP contribution in [0.1, 0.15) is 6.92 Å². The first kappa shape index (κ1) is 12.8. The zero-order valence-corrected chi connectivity index (χ0v) is 9.17. The lowest BCUT2D eigenvalue weighted by Crippen LogP contribution is -2.35. The molecule has 0 bridgehead atoms. The average molecular weight is 190 g/mol. The van der Waals surface area contributed by atoms with Crippen molar-refractivity contribution in [2.24, 2.45) is 0 Å². The number of nitrogens with one attached hydrogen (secondary N) is 1. The van der Waals surface area contributed by atoms with Crippen LogP contribution < -0.4 is 5.32 Å². The molecule has 0 unspecified atom stereocenters. The second-order valence-corrected chi connectivity index (χ2v) is 3.00. The Balaban J connectivity index is 3.23. The highest BCUT2D eigenvalue weighted by Crippen LogP contribution is 1.87. The van der Waals surface area contributed by atoms with Gasteiger partial charge >= 0.3 is 0 Å². The van der Waals surface area contributed by atoms with Gasteiger partial charge in [0.15, 0.2) is 6.29 Å². The second-order valence-electron chi connectivity index (χ2n) is 3.00. The maximum atomic E-state index is 5.03. The highest BCUT2D eigenvalue weighted by atomic mass is 16.7. The third-order valence-electron chi connectivity index (χ3n) is 2.05. The van der Waals surface area contributed by atoms with Crippen LogP contribution in [0.25, 0.3) is 0 Å². The molecule has 0 atom stereocenters. The summed E-state index contributed by atoms with van der Waals surface area (Å²) >= 11 is 0. The minimum atomic E-state index is -0.132. The molecule has 0 aromatic rings. The Morgan fingerprint density at radius 2 is 1.92 bits per heavy atom. The highest BCUT2D eigenvalue weighted by Gasteiger charge is 2.02. The smallest absolute Gasteiger partial charge is 0.169 e. The van der Waals surface area contributed by atoms with Crippen LogP contribution >= 0.6 is 0 Å². The first-order chi connectivity index (χ1) is 6.24. The summed E-state index contributed by atoms with van der Waals surface area (Å²) in [5, 5.41) is 3.26. The van der Waals surface area contributed by atoms with Gasteiger partial charge in [0.1, 0.15) is 0 Å². The SMILES string of the molecule is CCN(C)CCNCC(OC)OC. The van der Waals surface area contributed by atoms with Crippen LogP contribution in [0, 0.1) is 0 Å². The molecule has 0 rings (SSSR count). The number of rotatable bonds is 8. The number of likely N-dealkylation sites (N-methyl/N-ethyl adjacent to an activating group) is 1. The highest BCUT2D eigenvalue weighted by molar-refractivity contribution is 4.54. The summed E-state index contributed by atoms with van der Waals surface area (Å²) in [6, 6.07) is 0. The maximum Gasteiger partial charge on any atom is 0.169 e. The Morgan fingerprint density at radius 3 is 2.38 bits per heavy atom. The molecule has 0 spiro atoms. The molecule has 0 heterocycles. The van der Waals surface area contributed by atoms with Gasteiger partial charge in [0, 0.05) is 33.9 Å². The number of ether oxygens (including phenoxy) is 2. The third kappa shape index (κ3) is 6.95. The predicted molar refractivity (Wildman–Crippen MR) is 53.8 cm³/mol. The molecule has 4 nitrogen and oxygen atoms in total. The van der Waals surface area contributed by atoms with Gasteiger partial charge in [-0.25, -0.2) is 0 Å². The lowest BCUT2D eigenvalue weighted by molar-refractivity contribution is -0.0987. The summed E-state index contributed by atoms with van der Waals surface area (Å²) in [5.74, 6) is 0. The standard InChI is InChI=1S/C9H22N2O2/c1-5-11(2)7-6-10-8-9(12-3)13-4/h9-10H,5-8H2,1-4H3. The molecule has 0 fully saturated rings. The monoisotopic (exact) mass is 190 g/mol. The van der Waals surface area contributed by atoms with E-state index in [2.05, 4.69) is 24.2 Å². The summed E-state index contributed by atoms with van der Waals surface area (Å²) in [6.07, 6.45) is -0.132. The molecule has 0 aromatic heterocycles. The van der Waals surface area contributed by atoms with Gasteiger partial charge in [-0.15, -0.1) is 0 Å². The fraction of sp³-hybridized carbons (Fsp3) is 1.00. The average Bonchev–Trinajstić information content (AvgIpc) is 2.18. The van der Waals surface area contributed by atoms with Crippen molar-refractivity contribution < 1.29 is 9.47 Å². The topological polar surface area (TPSA) is 33.7 Å². The van der Waals surface area contributed by atoms with Gasteiger partial charge in [-0.2, -0.15) is 0 Å². The van der Waals surface area contributed by atoms with Crippen molar-refractivity contribution in [1.29, 1.82) is 0 Å². The molecule has 0 aromatic carbocycles. The van der Waals surface area contributed by atoms with E-state index in [4.69, 9.17) is 9.47 Å². The van der Waals surface area contributed by atoms with E-state index in [-0.39, 0.29) is 6.29 Å². The zero-order chi connectivity index (χ0) is 10.1. The molecule has 4 heteroatoms. The van der Waals surface area contributed by atoms with Crippen molar-refractivity contribution >= 4 is 0 Å². The van der Waals surface area contributed by atoms with Crippen molar-refractivity contribution in [1.82, 2.24) is 10.2 Å². The molecule has 0 amide bonds. The summed E-state index contributed by atoms with van der Waals surface area (Å²) in [6.45, 7) is 5.99. The molecule has 13 heavy (non-hydrogen) atoms. The van der Waals surface area contributed by atoms with Crippen molar-refractivity contribution in [3.8, 4) is 0 Å². The van der Waals surface area contributed by atoms with E-state index in [0.29, 0.717) is 0 Å². The third-order valence-corrected chi connectivity index (χ3v) is 2.05. The summed E-state index contributed by atoms with van der Waals surface area (Å²) in [5.41, 5.74) is 0. The molecule has 80 valence electrons. The van der Waals surface area contributed by atoms with Crippen molar-refractivity contribution in [2.45, 2.75) is 13.2 Å². The fourth-order valence-electron chi connectivity index (χ4n) is 0.911. The fourth-order valence-corrected chi connectivity index (χ4v) is 0.911. The quantitative estimate of drug-likeness (QED) is 0.436. The Hall–Kier alpha value is -0.160. The Labute approximate surface area is 81.2 Å². The van der Waals surface area contributed by atoms with Crippen LogP contribution in [-0.2, 0) is 9.47 Å². The largest absolute Gasteiger partial charge is 0.355 e. The van der Waals surface area contributed by atoms with Gasteiger partial charge in [-0.1, -0.05) is 6.92 Å². The zero-order valence-electron chi connectivity index (χ0n) is 9.17. The number of hydrogen-bond donors (Lipinski definition) is 1. The Bertz CT molecular complexity index is 108. The molecule has 0 saturated heterocycles. The minimum absolute atomic E-state index is 0.132. The van der Waals surface area contributed by atoms with Gasteiger partial charge in [0.25, 0.3) is 0 Å². The number of nitrogens with zero attached hydrogens (tertiary/aromatic N) is 1. The molecule has 1 N–H and O–H groups in total. The summed E-state index contributed by atoms with van der Waals surface area (Å²) in [4.78, 5) is 2.25. The Kier molecular flexibility index (Phi) is 8.33. The number of methoxy groups -OCH3 is 2. The molecule has 0 aliphatic heterocycles. The summed E-state index contributed by atoms with van der Waals surface area (Å²) < 4.78 is 10.1. The second kappa shape index (κ2) is 8.44. The van der Waals surface area contributed by atoms with Crippen molar-refractivity contribution in [3.63, 3.8) is 0 Å².